The fourth-order valence-electron chi connectivity index (χ4n) is 3.74. The lowest BCUT2D eigenvalue weighted by Crippen LogP contribution is -2.46. The van der Waals surface area contributed by atoms with Crippen LogP contribution in [0, 0.1) is 17.8 Å². The molecule has 2 saturated carbocycles. The fourth-order valence-corrected chi connectivity index (χ4v) is 3.74. The second-order valence-electron chi connectivity index (χ2n) is 6.79. The minimum atomic E-state index is 0.146. The summed E-state index contributed by atoms with van der Waals surface area (Å²) >= 11 is 0. The van der Waals surface area contributed by atoms with Gasteiger partial charge in [0, 0.05) is 18.0 Å². The molecule has 3 unspecified atom stereocenters. The number of carbonyl (C=O) groups excluding carboxylic acids is 1. The third-order valence-electron chi connectivity index (χ3n) is 5.34. The van der Waals surface area contributed by atoms with Gasteiger partial charge in [-0.3, -0.25) is 4.79 Å². The number of hydrogen-bond donors (Lipinski definition) is 2. The molecule has 3 heteroatoms. The Balaban J connectivity index is 1.80. The number of rotatable bonds is 3. The maximum Gasteiger partial charge on any atom is 0.223 e. The van der Waals surface area contributed by atoms with Crippen molar-refractivity contribution in [3.8, 4) is 0 Å². The summed E-state index contributed by atoms with van der Waals surface area (Å²) in [5.41, 5.74) is 6.01. The molecular formula is C16H30N2O. The van der Waals surface area contributed by atoms with Crippen molar-refractivity contribution in [2.45, 2.75) is 77.3 Å². The molecule has 19 heavy (non-hydrogen) atoms. The van der Waals surface area contributed by atoms with Crippen LogP contribution in [-0.2, 0) is 4.79 Å². The first-order valence-corrected chi connectivity index (χ1v) is 8.16. The normalized spacial score (nSPS) is 39.8. The zero-order chi connectivity index (χ0) is 13.8. The van der Waals surface area contributed by atoms with Crippen LogP contribution in [0.25, 0.3) is 0 Å². The third kappa shape index (κ3) is 3.95. The van der Waals surface area contributed by atoms with Gasteiger partial charge in [-0.2, -0.15) is 0 Å². The standard InChI is InChI=1S/C16H30N2O/c1-3-12-5-8-14(9-6-12)18-16(19)15-10-13(17)7-4-11(15)2/h11-15H,3-10,17H2,1-2H3,(H,18,19). The van der Waals surface area contributed by atoms with Gasteiger partial charge in [0.25, 0.3) is 0 Å². The highest BCUT2D eigenvalue weighted by Gasteiger charge is 2.32. The van der Waals surface area contributed by atoms with Crippen LogP contribution >= 0.6 is 0 Å². The van der Waals surface area contributed by atoms with Crippen molar-refractivity contribution in [1.82, 2.24) is 5.32 Å². The topological polar surface area (TPSA) is 55.1 Å². The van der Waals surface area contributed by atoms with Crippen LogP contribution in [0.4, 0.5) is 0 Å². The first-order valence-electron chi connectivity index (χ1n) is 8.16. The van der Waals surface area contributed by atoms with Gasteiger partial charge in [-0.25, -0.2) is 0 Å². The Morgan fingerprint density at radius 2 is 1.84 bits per heavy atom. The molecule has 3 atom stereocenters. The molecule has 0 saturated heterocycles. The molecule has 0 aliphatic heterocycles. The first-order chi connectivity index (χ1) is 9.10. The van der Waals surface area contributed by atoms with Crippen molar-refractivity contribution in [1.29, 1.82) is 0 Å². The van der Waals surface area contributed by atoms with Gasteiger partial charge in [0.15, 0.2) is 0 Å². The molecule has 110 valence electrons. The molecule has 0 aromatic carbocycles. The molecule has 1 amide bonds. The summed E-state index contributed by atoms with van der Waals surface area (Å²) in [5, 5.41) is 3.29. The molecule has 2 rings (SSSR count). The Morgan fingerprint density at radius 3 is 2.47 bits per heavy atom. The summed E-state index contributed by atoms with van der Waals surface area (Å²) in [6.45, 7) is 4.47. The van der Waals surface area contributed by atoms with E-state index in [0.717, 1.165) is 38.0 Å². The van der Waals surface area contributed by atoms with Gasteiger partial charge in [0.05, 0.1) is 0 Å². The number of carbonyl (C=O) groups is 1. The van der Waals surface area contributed by atoms with Crippen LogP contribution in [0.3, 0.4) is 0 Å². The van der Waals surface area contributed by atoms with Gasteiger partial charge in [0.1, 0.15) is 0 Å². The number of nitrogens with one attached hydrogen (secondary N) is 1. The molecule has 3 N–H and O–H groups in total. The van der Waals surface area contributed by atoms with Crippen molar-refractivity contribution in [2.24, 2.45) is 23.5 Å². The van der Waals surface area contributed by atoms with Gasteiger partial charge in [-0.15, -0.1) is 0 Å². The summed E-state index contributed by atoms with van der Waals surface area (Å²) in [6, 6.07) is 0.642. The molecule has 0 spiro atoms. The molecule has 0 bridgehead atoms. The average Bonchev–Trinajstić information content (AvgIpc) is 2.42. The van der Waals surface area contributed by atoms with E-state index in [1.807, 2.05) is 0 Å². The predicted octanol–water partition coefficient (Wildman–Crippen LogP) is 2.83. The molecule has 2 fully saturated rings. The number of nitrogens with two attached hydrogens (primary N) is 1. The van der Waals surface area contributed by atoms with Crippen molar-refractivity contribution in [3.05, 3.63) is 0 Å². The highest BCUT2D eigenvalue weighted by molar-refractivity contribution is 5.79. The molecule has 0 aromatic rings. The van der Waals surface area contributed by atoms with Crippen molar-refractivity contribution < 1.29 is 4.79 Å². The molecule has 2 aliphatic carbocycles. The van der Waals surface area contributed by atoms with E-state index >= 15 is 0 Å². The molecule has 3 nitrogen and oxygen atoms in total. The zero-order valence-corrected chi connectivity index (χ0v) is 12.5. The maximum atomic E-state index is 12.4. The molecule has 0 radical (unpaired) electrons. The summed E-state index contributed by atoms with van der Waals surface area (Å²) < 4.78 is 0. The summed E-state index contributed by atoms with van der Waals surface area (Å²) in [6.07, 6.45) is 9.22. The van der Waals surface area contributed by atoms with Crippen LogP contribution in [-0.4, -0.2) is 18.0 Å². The second-order valence-corrected chi connectivity index (χ2v) is 6.79. The lowest BCUT2D eigenvalue weighted by Gasteiger charge is -2.34. The van der Waals surface area contributed by atoms with E-state index < -0.39 is 0 Å². The maximum absolute atomic E-state index is 12.4. The van der Waals surface area contributed by atoms with Crippen molar-refractivity contribution >= 4 is 5.91 Å². The third-order valence-corrected chi connectivity index (χ3v) is 5.34. The van der Waals surface area contributed by atoms with Gasteiger partial charge in [0.2, 0.25) is 5.91 Å². The highest BCUT2D eigenvalue weighted by Crippen LogP contribution is 2.31. The minimum Gasteiger partial charge on any atom is -0.353 e. The van der Waals surface area contributed by atoms with E-state index in [4.69, 9.17) is 5.73 Å². The molecular weight excluding hydrogens is 236 g/mol. The zero-order valence-electron chi connectivity index (χ0n) is 12.5. The van der Waals surface area contributed by atoms with E-state index in [0.29, 0.717) is 12.0 Å². The van der Waals surface area contributed by atoms with E-state index in [1.54, 1.807) is 0 Å². The van der Waals surface area contributed by atoms with E-state index in [2.05, 4.69) is 19.2 Å². The van der Waals surface area contributed by atoms with Crippen molar-refractivity contribution in [3.63, 3.8) is 0 Å². The Labute approximate surface area is 117 Å². The van der Waals surface area contributed by atoms with Gasteiger partial charge in [-0.1, -0.05) is 20.3 Å². The van der Waals surface area contributed by atoms with E-state index in [1.165, 1.54) is 19.3 Å². The summed E-state index contributed by atoms with van der Waals surface area (Å²) in [5.74, 6) is 1.79. The van der Waals surface area contributed by atoms with Crippen molar-refractivity contribution in [2.75, 3.05) is 0 Å². The lowest BCUT2D eigenvalue weighted by atomic mass is 9.77. The SMILES string of the molecule is CCC1CCC(NC(=O)C2CC(N)CCC2C)CC1. The largest absolute Gasteiger partial charge is 0.353 e. The molecule has 0 aromatic heterocycles. The van der Waals surface area contributed by atoms with Crippen LogP contribution in [0.5, 0.6) is 0 Å². The Bertz CT molecular complexity index is 297. The van der Waals surface area contributed by atoms with Crippen LogP contribution in [0.1, 0.15) is 65.2 Å². The Morgan fingerprint density at radius 1 is 1.16 bits per heavy atom. The number of amides is 1. The highest BCUT2D eigenvalue weighted by atomic mass is 16.2. The van der Waals surface area contributed by atoms with Gasteiger partial charge < -0.3 is 11.1 Å². The van der Waals surface area contributed by atoms with E-state index in [-0.39, 0.29) is 17.9 Å². The van der Waals surface area contributed by atoms with Crippen LogP contribution in [0.15, 0.2) is 0 Å². The summed E-state index contributed by atoms with van der Waals surface area (Å²) in [7, 11) is 0. The van der Waals surface area contributed by atoms with Gasteiger partial charge >= 0.3 is 0 Å². The van der Waals surface area contributed by atoms with E-state index in [9.17, 15) is 4.79 Å². The minimum absolute atomic E-state index is 0.146. The first kappa shape index (κ1) is 14.8. The molecule has 2 aliphatic rings. The molecule has 0 heterocycles. The van der Waals surface area contributed by atoms with Gasteiger partial charge in [-0.05, 0) is 56.8 Å². The number of hydrogen-bond acceptors (Lipinski definition) is 2. The summed E-state index contributed by atoms with van der Waals surface area (Å²) in [4.78, 5) is 12.4. The second kappa shape index (κ2) is 6.74. The smallest absolute Gasteiger partial charge is 0.223 e. The Hall–Kier alpha value is -0.570. The lowest BCUT2D eigenvalue weighted by molar-refractivity contribution is -0.128. The predicted molar refractivity (Wildman–Crippen MR) is 78.7 cm³/mol. The quantitative estimate of drug-likeness (QED) is 0.825. The monoisotopic (exact) mass is 266 g/mol. The van der Waals surface area contributed by atoms with Crippen LogP contribution < -0.4 is 11.1 Å². The average molecular weight is 266 g/mol. The van der Waals surface area contributed by atoms with Crippen LogP contribution in [0.2, 0.25) is 0 Å². The Kier molecular flexibility index (Phi) is 5.26. The fraction of sp³-hybridized carbons (Fsp3) is 0.938.